The van der Waals surface area contributed by atoms with Gasteiger partial charge in [0.05, 0.1) is 18.1 Å². The fraction of sp³-hybridized carbons (Fsp3) is 0.583. The zero-order valence-corrected chi connectivity index (χ0v) is 11.8. The first-order valence-corrected chi connectivity index (χ1v) is 6.07. The summed E-state index contributed by atoms with van der Waals surface area (Å²) in [7, 11) is 3.05. The number of aryl methyl sites for hydroxylation is 1. The number of hydrogen-bond donors (Lipinski definition) is 1. The highest BCUT2D eigenvalue weighted by Crippen LogP contribution is 2.24. The van der Waals surface area contributed by atoms with Gasteiger partial charge < -0.3 is 19.5 Å². The number of pyridine rings is 1. The van der Waals surface area contributed by atoms with Crippen molar-refractivity contribution in [1.29, 1.82) is 0 Å². The van der Waals surface area contributed by atoms with E-state index in [-0.39, 0.29) is 18.1 Å². The fourth-order valence-corrected chi connectivity index (χ4v) is 1.56. The Labute approximate surface area is 117 Å². The molecule has 0 saturated carbocycles. The van der Waals surface area contributed by atoms with Crippen LogP contribution in [0.1, 0.15) is 5.56 Å². The van der Waals surface area contributed by atoms with Crippen molar-refractivity contribution in [3.05, 3.63) is 27.9 Å². The molecule has 8 nitrogen and oxygen atoms in total. The van der Waals surface area contributed by atoms with Crippen LogP contribution in [0.15, 0.2) is 12.3 Å². The average Bonchev–Trinajstić information content (AvgIpc) is 2.42. The molecule has 0 unspecified atom stereocenters. The summed E-state index contributed by atoms with van der Waals surface area (Å²) in [5.41, 5.74) is 0.548. The summed E-state index contributed by atoms with van der Waals surface area (Å²) < 4.78 is 15.2. The second-order valence-corrected chi connectivity index (χ2v) is 3.98. The van der Waals surface area contributed by atoms with E-state index in [4.69, 9.17) is 14.2 Å². The van der Waals surface area contributed by atoms with Crippen molar-refractivity contribution in [2.75, 3.05) is 39.3 Å². The zero-order chi connectivity index (χ0) is 15.0. The molecule has 1 aromatic rings. The van der Waals surface area contributed by atoms with E-state index < -0.39 is 11.2 Å². The first kappa shape index (κ1) is 16.3. The predicted octanol–water partition coefficient (Wildman–Crippen LogP) is 1.35. The molecule has 0 aliphatic rings. The lowest BCUT2D eigenvalue weighted by Crippen LogP contribution is -2.22. The summed E-state index contributed by atoms with van der Waals surface area (Å²) in [6.07, 6.45) is 1.11. The molecule has 8 heteroatoms. The van der Waals surface area contributed by atoms with Crippen molar-refractivity contribution in [2.45, 2.75) is 13.2 Å². The van der Waals surface area contributed by atoms with Crippen molar-refractivity contribution in [1.82, 2.24) is 4.98 Å². The van der Waals surface area contributed by atoms with Crippen LogP contribution in [0.3, 0.4) is 0 Å². The molecule has 1 rings (SSSR count). The number of nitrogens with one attached hydrogen (secondary N) is 1. The molecule has 0 fully saturated rings. The van der Waals surface area contributed by atoms with E-state index in [0.29, 0.717) is 18.7 Å². The maximum absolute atomic E-state index is 11.0. The first-order chi connectivity index (χ1) is 9.60. The topological polar surface area (TPSA) is 95.8 Å². The molecule has 1 N–H and O–H groups in total. The van der Waals surface area contributed by atoms with Crippen LogP contribution >= 0.6 is 0 Å². The van der Waals surface area contributed by atoms with E-state index in [1.807, 2.05) is 0 Å². The third kappa shape index (κ3) is 4.72. The van der Waals surface area contributed by atoms with Crippen LogP contribution in [0, 0.1) is 17.0 Å². The lowest BCUT2D eigenvalue weighted by molar-refractivity contribution is -0.384. The van der Waals surface area contributed by atoms with Gasteiger partial charge in [0.2, 0.25) is 5.82 Å². The average molecular weight is 285 g/mol. The summed E-state index contributed by atoms with van der Waals surface area (Å²) in [6.45, 7) is 2.72. The van der Waals surface area contributed by atoms with Gasteiger partial charge in [0.15, 0.2) is 6.29 Å². The van der Waals surface area contributed by atoms with E-state index in [2.05, 4.69) is 10.3 Å². The third-order valence-corrected chi connectivity index (χ3v) is 2.63. The molecule has 1 heterocycles. The van der Waals surface area contributed by atoms with Crippen LogP contribution < -0.4 is 5.32 Å². The monoisotopic (exact) mass is 285 g/mol. The second-order valence-electron chi connectivity index (χ2n) is 3.98. The van der Waals surface area contributed by atoms with Crippen LogP contribution in [-0.4, -0.2) is 50.2 Å². The normalized spacial score (nSPS) is 10.8. The summed E-state index contributed by atoms with van der Waals surface area (Å²) in [4.78, 5) is 14.5. The first-order valence-electron chi connectivity index (χ1n) is 6.07. The molecule has 112 valence electrons. The van der Waals surface area contributed by atoms with Crippen LogP contribution in [0.4, 0.5) is 11.5 Å². The molecule has 20 heavy (non-hydrogen) atoms. The Hall–Kier alpha value is -1.77. The number of aromatic nitrogens is 1. The Morgan fingerprint density at radius 3 is 2.75 bits per heavy atom. The van der Waals surface area contributed by atoms with Gasteiger partial charge in [0.25, 0.3) is 0 Å². The predicted molar refractivity (Wildman–Crippen MR) is 72.7 cm³/mol. The van der Waals surface area contributed by atoms with Crippen molar-refractivity contribution < 1.29 is 19.1 Å². The quantitative estimate of drug-likeness (QED) is 0.316. The van der Waals surface area contributed by atoms with E-state index in [9.17, 15) is 10.1 Å². The van der Waals surface area contributed by atoms with Crippen LogP contribution in [-0.2, 0) is 14.2 Å². The second kappa shape index (κ2) is 8.41. The number of nitro groups is 1. The molecule has 0 aliphatic heterocycles. The van der Waals surface area contributed by atoms with Crippen LogP contribution in [0.25, 0.3) is 0 Å². The van der Waals surface area contributed by atoms with Crippen LogP contribution in [0.5, 0.6) is 0 Å². The molecule has 0 atom stereocenters. The largest absolute Gasteiger partial charge is 0.374 e. The highest BCUT2D eigenvalue weighted by atomic mass is 16.7. The lowest BCUT2D eigenvalue weighted by Gasteiger charge is -2.13. The van der Waals surface area contributed by atoms with Gasteiger partial charge in [-0.15, -0.1) is 0 Å². The molecule has 1 aromatic heterocycles. The van der Waals surface area contributed by atoms with Gasteiger partial charge in [-0.2, -0.15) is 0 Å². The minimum absolute atomic E-state index is 0.0147. The summed E-state index contributed by atoms with van der Waals surface area (Å²) in [5, 5.41) is 13.8. The molecule has 0 spiro atoms. The minimum atomic E-state index is -0.447. The van der Waals surface area contributed by atoms with E-state index in [0.717, 1.165) is 0 Å². The number of rotatable bonds is 9. The number of anilines is 1. The molecule has 0 aliphatic carbocycles. The van der Waals surface area contributed by atoms with Gasteiger partial charge in [-0.25, -0.2) is 4.98 Å². The molecule has 0 aromatic carbocycles. The van der Waals surface area contributed by atoms with Crippen LogP contribution in [0.2, 0.25) is 0 Å². The van der Waals surface area contributed by atoms with E-state index in [1.54, 1.807) is 13.0 Å². The van der Waals surface area contributed by atoms with Crippen molar-refractivity contribution >= 4 is 11.5 Å². The Morgan fingerprint density at radius 1 is 1.45 bits per heavy atom. The molecule has 0 radical (unpaired) electrons. The van der Waals surface area contributed by atoms with Crippen molar-refractivity contribution in [3.63, 3.8) is 0 Å². The minimum Gasteiger partial charge on any atom is -0.374 e. The summed E-state index contributed by atoms with van der Waals surface area (Å²) in [6, 6.07) is 1.60. The Morgan fingerprint density at radius 2 is 2.15 bits per heavy atom. The molecular formula is C12H19N3O5. The third-order valence-electron chi connectivity index (χ3n) is 2.63. The Bertz CT molecular complexity index is 437. The van der Waals surface area contributed by atoms with Gasteiger partial charge >= 0.3 is 5.69 Å². The van der Waals surface area contributed by atoms with Gasteiger partial charge in [0.1, 0.15) is 0 Å². The SMILES string of the molecule is COC(COCCNc1nccc(C)c1[N+](=O)[O-])OC. The van der Waals surface area contributed by atoms with Gasteiger partial charge in [-0.3, -0.25) is 10.1 Å². The smallest absolute Gasteiger partial charge is 0.314 e. The lowest BCUT2D eigenvalue weighted by atomic mass is 10.2. The van der Waals surface area contributed by atoms with Crippen molar-refractivity contribution in [3.8, 4) is 0 Å². The van der Waals surface area contributed by atoms with E-state index in [1.165, 1.54) is 20.4 Å². The van der Waals surface area contributed by atoms with Gasteiger partial charge in [0, 0.05) is 32.5 Å². The number of hydrogen-bond acceptors (Lipinski definition) is 7. The van der Waals surface area contributed by atoms with Gasteiger partial charge in [-0.05, 0) is 13.0 Å². The van der Waals surface area contributed by atoms with E-state index >= 15 is 0 Å². The van der Waals surface area contributed by atoms with Crippen molar-refractivity contribution in [2.24, 2.45) is 0 Å². The highest BCUT2D eigenvalue weighted by Gasteiger charge is 2.17. The maximum atomic E-state index is 11.0. The zero-order valence-electron chi connectivity index (χ0n) is 11.8. The standard InChI is InChI=1S/C12H19N3O5/c1-9-4-5-13-12(11(9)15(16)17)14-6-7-20-8-10(18-2)19-3/h4-5,10H,6-8H2,1-3H3,(H,13,14). The highest BCUT2D eigenvalue weighted by molar-refractivity contribution is 5.59. The van der Waals surface area contributed by atoms with Gasteiger partial charge in [-0.1, -0.05) is 0 Å². The number of methoxy groups -OCH3 is 2. The number of nitrogens with zero attached hydrogens (tertiary/aromatic N) is 2. The number of ether oxygens (including phenoxy) is 3. The Kier molecular flexibility index (Phi) is 6.85. The summed E-state index contributed by atoms with van der Waals surface area (Å²) >= 11 is 0. The summed E-state index contributed by atoms with van der Waals surface area (Å²) in [5.74, 6) is 0.244. The molecular weight excluding hydrogens is 266 g/mol. The molecule has 0 saturated heterocycles. The molecule has 0 amide bonds. The maximum Gasteiger partial charge on any atom is 0.314 e. The molecule has 0 bridgehead atoms. The fourth-order valence-electron chi connectivity index (χ4n) is 1.56. The Balaban J connectivity index is 2.43.